The minimum atomic E-state index is -4.50. The molecule has 17 heavy (non-hydrogen) atoms. The highest BCUT2D eigenvalue weighted by Crippen LogP contribution is 2.32. The molecule has 0 radical (unpaired) electrons. The van der Waals surface area contributed by atoms with Gasteiger partial charge in [-0.05, 0) is 13.0 Å². The van der Waals surface area contributed by atoms with Crippen LogP contribution in [-0.2, 0) is 15.7 Å². The van der Waals surface area contributed by atoms with Crippen LogP contribution < -0.4 is 0 Å². The first-order chi connectivity index (χ1) is 7.71. The number of rotatable bonds is 2. The van der Waals surface area contributed by atoms with E-state index >= 15 is 0 Å². The van der Waals surface area contributed by atoms with Gasteiger partial charge in [-0.15, -0.1) is 0 Å². The number of pyridine rings is 1. The lowest BCUT2D eigenvalue weighted by Crippen LogP contribution is -2.10. The monoisotopic (exact) mass is 267 g/mol. The van der Waals surface area contributed by atoms with Crippen LogP contribution in [0.2, 0.25) is 5.02 Å². The van der Waals surface area contributed by atoms with Crippen LogP contribution in [-0.4, -0.2) is 11.0 Å². The summed E-state index contributed by atoms with van der Waals surface area (Å²) >= 11 is 5.66. The number of halogens is 4. The number of carbonyl (C=O) groups is 1. The standard InChI is InChI=1S/C10H9ClF3NO2/c1-5(17-6(2)16)9-8(11)3-7(4-15-9)10(12,13)14/h3-5H,1-2H3/t5-/m0/s1. The predicted molar refractivity (Wildman–Crippen MR) is 54.4 cm³/mol. The Morgan fingerprint density at radius 1 is 1.53 bits per heavy atom. The maximum Gasteiger partial charge on any atom is 0.417 e. The molecule has 94 valence electrons. The molecule has 1 aromatic heterocycles. The van der Waals surface area contributed by atoms with Crippen LogP contribution in [0.3, 0.4) is 0 Å². The van der Waals surface area contributed by atoms with E-state index in [1.165, 1.54) is 13.8 Å². The van der Waals surface area contributed by atoms with Crippen molar-refractivity contribution in [1.29, 1.82) is 0 Å². The number of alkyl halides is 3. The van der Waals surface area contributed by atoms with Crippen molar-refractivity contribution in [1.82, 2.24) is 4.98 Å². The van der Waals surface area contributed by atoms with Gasteiger partial charge in [0.1, 0.15) is 6.10 Å². The Morgan fingerprint density at radius 2 is 2.12 bits per heavy atom. The molecule has 0 amide bonds. The first-order valence-electron chi connectivity index (χ1n) is 4.61. The molecule has 3 nitrogen and oxygen atoms in total. The zero-order valence-corrected chi connectivity index (χ0v) is 9.76. The first-order valence-corrected chi connectivity index (χ1v) is 4.99. The average Bonchev–Trinajstić information content (AvgIpc) is 2.14. The summed E-state index contributed by atoms with van der Waals surface area (Å²) in [4.78, 5) is 14.3. The van der Waals surface area contributed by atoms with Crippen LogP contribution in [0.25, 0.3) is 0 Å². The third kappa shape index (κ3) is 3.59. The number of nitrogens with zero attached hydrogens (tertiary/aromatic N) is 1. The normalized spacial score (nSPS) is 13.3. The van der Waals surface area contributed by atoms with Gasteiger partial charge in [0.05, 0.1) is 16.3 Å². The van der Waals surface area contributed by atoms with Gasteiger partial charge >= 0.3 is 12.1 Å². The van der Waals surface area contributed by atoms with Crippen LogP contribution in [0, 0.1) is 0 Å². The molecule has 1 heterocycles. The molecule has 0 fully saturated rings. The summed E-state index contributed by atoms with van der Waals surface area (Å²) in [5, 5.41) is -0.187. The first kappa shape index (κ1) is 13.8. The van der Waals surface area contributed by atoms with Crippen molar-refractivity contribution in [3.63, 3.8) is 0 Å². The van der Waals surface area contributed by atoms with Gasteiger partial charge in [0.2, 0.25) is 0 Å². The van der Waals surface area contributed by atoms with E-state index in [4.69, 9.17) is 16.3 Å². The van der Waals surface area contributed by atoms with E-state index in [9.17, 15) is 18.0 Å². The average molecular weight is 268 g/mol. The van der Waals surface area contributed by atoms with E-state index < -0.39 is 23.8 Å². The van der Waals surface area contributed by atoms with E-state index in [1.54, 1.807) is 0 Å². The number of hydrogen-bond acceptors (Lipinski definition) is 3. The lowest BCUT2D eigenvalue weighted by Gasteiger charge is -2.14. The van der Waals surface area contributed by atoms with Gasteiger partial charge in [-0.2, -0.15) is 13.2 Å². The Hall–Kier alpha value is -1.30. The van der Waals surface area contributed by atoms with Crippen molar-refractivity contribution >= 4 is 17.6 Å². The summed E-state index contributed by atoms with van der Waals surface area (Å²) in [5.74, 6) is -0.560. The lowest BCUT2D eigenvalue weighted by molar-refractivity contribution is -0.146. The van der Waals surface area contributed by atoms with Crippen molar-refractivity contribution in [2.75, 3.05) is 0 Å². The van der Waals surface area contributed by atoms with Crippen molar-refractivity contribution in [2.24, 2.45) is 0 Å². The van der Waals surface area contributed by atoms with E-state index in [0.717, 1.165) is 6.07 Å². The second-order valence-corrected chi connectivity index (χ2v) is 3.75. The summed E-state index contributed by atoms with van der Waals surface area (Å²) < 4.78 is 41.8. The van der Waals surface area contributed by atoms with Crippen LogP contribution in [0.15, 0.2) is 12.3 Å². The topological polar surface area (TPSA) is 39.2 Å². The Morgan fingerprint density at radius 3 is 2.53 bits per heavy atom. The number of ether oxygens (including phenoxy) is 1. The Labute approximate surface area is 101 Å². The predicted octanol–water partition coefficient (Wildman–Crippen LogP) is 3.38. The van der Waals surface area contributed by atoms with Crippen LogP contribution >= 0.6 is 11.6 Å². The molecular formula is C10H9ClF3NO2. The van der Waals surface area contributed by atoms with Gasteiger partial charge < -0.3 is 4.74 Å². The smallest absolute Gasteiger partial charge is 0.417 e. The number of hydrogen-bond donors (Lipinski definition) is 0. The summed E-state index contributed by atoms with van der Waals surface area (Å²) in [6, 6.07) is 0.754. The van der Waals surface area contributed by atoms with E-state index in [2.05, 4.69) is 4.98 Å². The molecule has 0 spiro atoms. The fourth-order valence-electron chi connectivity index (χ4n) is 1.21. The zero-order valence-electron chi connectivity index (χ0n) is 9.01. The number of carbonyl (C=O) groups excluding carboxylic acids is 1. The van der Waals surface area contributed by atoms with Gasteiger partial charge in [0.25, 0.3) is 0 Å². The molecule has 1 rings (SSSR count). The number of aromatic nitrogens is 1. The quantitative estimate of drug-likeness (QED) is 0.771. The van der Waals surface area contributed by atoms with Gasteiger partial charge in [-0.3, -0.25) is 9.78 Å². The Bertz CT molecular complexity index is 434. The van der Waals surface area contributed by atoms with Crippen LogP contribution in [0.4, 0.5) is 13.2 Å². The summed E-state index contributed by atoms with van der Waals surface area (Å²) in [6.07, 6.45) is -4.64. The molecular weight excluding hydrogens is 259 g/mol. The fourth-order valence-corrected chi connectivity index (χ4v) is 1.53. The highest BCUT2D eigenvalue weighted by atomic mass is 35.5. The van der Waals surface area contributed by atoms with Crippen molar-refractivity contribution < 1.29 is 22.7 Å². The van der Waals surface area contributed by atoms with Gasteiger partial charge in [0, 0.05) is 13.1 Å². The second kappa shape index (κ2) is 4.91. The third-order valence-electron chi connectivity index (χ3n) is 1.92. The summed E-state index contributed by atoms with van der Waals surface area (Å²) in [5.41, 5.74) is -0.851. The molecule has 7 heteroatoms. The lowest BCUT2D eigenvalue weighted by atomic mass is 10.2. The Balaban J connectivity index is 3.02. The minimum Gasteiger partial charge on any atom is -0.456 e. The third-order valence-corrected chi connectivity index (χ3v) is 2.23. The van der Waals surface area contributed by atoms with Crippen LogP contribution in [0.5, 0.6) is 0 Å². The highest BCUT2D eigenvalue weighted by Gasteiger charge is 2.32. The second-order valence-electron chi connectivity index (χ2n) is 3.34. The summed E-state index contributed by atoms with van der Waals surface area (Å²) in [6.45, 7) is 2.66. The number of esters is 1. The highest BCUT2D eigenvalue weighted by molar-refractivity contribution is 6.31. The zero-order chi connectivity index (χ0) is 13.2. The van der Waals surface area contributed by atoms with E-state index in [-0.39, 0.29) is 10.7 Å². The molecule has 0 aliphatic carbocycles. The molecule has 0 saturated heterocycles. The molecule has 1 aromatic rings. The molecule has 0 aliphatic heterocycles. The molecule has 0 saturated carbocycles. The SMILES string of the molecule is CC(=O)O[C@@H](C)c1ncc(C(F)(F)F)cc1Cl. The van der Waals surface area contributed by atoms with Gasteiger partial charge in [-0.1, -0.05) is 11.6 Å². The molecule has 0 aromatic carbocycles. The molecule has 1 atom stereocenters. The molecule has 0 aliphatic rings. The van der Waals surface area contributed by atoms with E-state index in [0.29, 0.717) is 6.20 Å². The Kier molecular flexibility index (Phi) is 3.98. The largest absolute Gasteiger partial charge is 0.456 e. The maximum absolute atomic E-state index is 12.3. The molecule has 0 N–H and O–H groups in total. The minimum absolute atomic E-state index is 0.0925. The van der Waals surface area contributed by atoms with Crippen molar-refractivity contribution in [3.05, 3.63) is 28.5 Å². The van der Waals surface area contributed by atoms with Crippen molar-refractivity contribution in [3.8, 4) is 0 Å². The van der Waals surface area contributed by atoms with Gasteiger partial charge in [0.15, 0.2) is 0 Å². The van der Waals surface area contributed by atoms with Gasteiger partial charge in [-0.25, -0.2) is 0 Å². The molecule has 0 bridgehead atoms. The fraction of sp³-hybridized carbons (Fsp3) is 0.400. The van der Waals surface area contributed by atoms with Crippen molar-refractivity contribution in [2.45, 2.75) is 26.1 Å². The molecule has 0 unspecified atom stereocenters. The van der Waals surface area contributed by atoms with Crippen LogP contribution in [0.1, 0.15) is 31.2 Å². The summed E-state index contributed by atoms with van der Waals surface area (Å²) in [7, 11) is 0. The maximum atomic E-state index is 12.3. The van der Waals surface area contributed by atoms with E-state index in [1.807, 2.05) is 0 Å².